The number of likely N-dealkylation sites (N-methyl/N-ethyl adjacent to an activating group) is 1. The van der Waals surface area contributed by atoms with E-state index >= 15 is 0 Å². The molecule has 96 valence electrons. The highest BCUT2D eigenvalue weighted by Crippen LogP contribution is 2.22. The molecule has 3 heteroatoms. The van der Waals surface area contributed by atoms with Crippen molar-refractivity contribution in [2.45, 2.75) is 32.2 Å². The van der Waals surface area contributed by atoms with Crippen molar-refractivity contribution < 1.29 is 0 Å². The predicted molar refractivity (Wildman–Crippen MR) is 78.3 cm³/mol. The Labute approximate surface area is 113 Å². The zero-order valence-corrected chi connectivity index (χ0v) is 12.0. The summed E-state index contributed by atoms with van der Waals surface area (Å²) in [7, 11) is 2.03. The van der Waals surface area contributed by atoms with Gasteiger partial charge in [0.05, 0.1) is 5.01 Å². The second kappa shape index (κ2) is 6.12. The summed E-state index contributed by atoms with van der Waals surface area (Å²) in [5, 5.41) is 6.76. The number of aryl methyl sites for hydroxylation is 1. The summed E-state index contributed by atoms with van der Waals surface area (Å²) < 4.78 is 0. The summed E-state index contributed by atoms with van der Waals surface area (Å²) in [5.41, 5.74) is 2.50. The molecule has 0 aliphatic rings. The molecular formula is C15H20N2S. The van der Waals surface area contributed by atoms with E-state index in [1.54, 1.807) is 11.3 Å². The van der Waals surface area contributed by atoms with E-state index < -0.39 is 0 Å². The van der Waals surface area contributed by atoms with Gasteiger partial charge < -0.3 is 5.32 Å². The average molecular weight is 260 g/mol. The van der Waals surface area contributed by atoms with Crippen molar-refractivity contribution in [1.82, 2.24) is 10.3 Å². The maximum absolute atomic E-state index is 4.55. The molecule has 2 unspecified atom stereocenters. The molecule has 0 spiro atoms. The highest BCUT2D eigenvalue weighted by Gasteiger charge is 2.18. The zero-order chi connectivity index (χ0) is 13.0. The van der Waals surface area contributed by atoms with Crippen molar-refractivity contribution in [3.63, 3.8) is 0 Å². The fourth-order valence-electron chi connectivity index (χ4n) is 2.20. The lowest BCUT2D eigenvalue weighted by Crippen LogP contribution is -2.32. The molecule has 0 saturated heterocycles. The normalized spacial score (nSPS) is 14.4. The van der Waals surface area contributed by atoms with Gasteiger partial charge in [-0.15, -0.1) is 11.3 Å². The first-order chi connectivity index (χ1) is 8.70. The molecule has 0 amide bonds. The maximum Gasteiger partial charge on any atom is 0.0943 e. The third-order valence-electron chi connectivity index (χ3n) is 3.36. The highest BCUT2D eigenvalue weighted by molar-refractivity contribution is 7.09. The van der Waals surface area contributed by atoms with Crippen LogP contribution in [0.5, 0.6) is 0 Å². The Morgan fingerprint density at radius 1 is 1.28 bits per heavy atom. The number of hydrogen-bond acceptors (Lipinski definition) is 3. The monoisotopic (exact) mass is 260 g/mol. The Kier molecular flexibility index (Phi) is 4.50. The number of benzene rings is 1. The van der Waals surface area contributed by atoms with Crippen molar-refractivity contribution in [2.24, 2.45) is 0 Å². The lowest BCUT2D eigenvalue weighted by atomic mass is 9.91. The van der Waals surface area contributed by atoms with Gasteiger partial charge in [-0.1, -0.05) is 37.3 Å². The number of rotatable bonds is 5. The summed E-state index contributed by atoms with van der Waals surface area (Å²) in [5.74, 6) is 0.486. The topological polar surface area (TPSA) is 24.9 Å². The molecule has 2 rings (SSSR count). The van der Waals surface area contributed by atoms with E-state index in [2.05, 4.69) is 59.9 Å². The van der Waals surface area contributed by atoms with Crippen LogP contribution in [0, 0.1) is 6.92 Å². The Morgan fingerprint density at radius 3 is 2.56 bits per heavy atom. The minimum atomic E-state index is 0.429. The smallest absolute Gasteiger partial charge is 0.0943 e. The molecular weight excluding hydrogens is 240 g/mol. The summed E-state index contributed by atoms with van der Waals surface area (Å²) in [4.78, 5) is 4.55. The van der Waals surface area contributed by atoms with E-state index in [4.69, 9.17) is 0 Å². The van der Waals surface area contributed by atoms with E-state index in [0.29, 0.717) is 12.0 Å². The van der Waals surface area contributed by atoms with Crippen molar-refractivity contribution in [3.8, 4) is 0 Å². The molecule has 0 bridgehead atoms. The van der Waals surface area contributed by atoms with Crippen LogP contribution in [-0.4, -0.2) is 18.1 Å². The molecule has 2 aromatic rings. The van der Waals surface area contributed by atoms with Crippen molar-refractivity contribution in [1.29, 1.82) is 0 Å². The van der Waals surface area contributed by atoms with Crippen LogP contribution in [0.3, 0.4) is 0 Å². The minimum absolute atomic E-state index is 0.429. The lowest BCUT2D eigenvalue weighted by Gasteiger charge is -2.23. The molecule has 2 atom stereocenters. The number of hydrogen-bond donors (Lipinski definition) is 1. The molecule has 0 saturated carbocycles. The first-order valence-electron chi connectivity index (χ1n) is 6.34. The largest absolute Gasteiger partial charge is 0.316 e. The number of nitrogens with one attached hydrogen (secondary N) is 1. The standard InChI is InChI=1S/C15H20N2S/c1-11-10-18-15(17-11)9-14(16-3)12(2)13-7-5-4-6-8-13/h4-8,10,12,14,16H,9H2,1-3H3. The van der Waals surface area contributed by atoms with Gasteiger partial charge in [0.15, 0.2) is 0 Å². The molecule has 2 nitrogen and oxygen atoms in total. The van der Waals surface area contributed by atoms with Crippen LogP contribution in [-0.2, 0) is 6.42 Å². The van der Waals surface area contributed by atoms with Crippen LogP contribution >= 0.6 is 11.3 Å². The highest BCUT2D eigenvalue weighted by atomic mass is 32.1. The Bertz CT molecular complexity index is 478. The zero-order valence-electron chi connectivity index (χ0n) is 11.2. The molecule has 18 heavy (non-hydrogen) atoms. The predicted octanol–water partition coefficient (Wildman–Crippen LogP) is 3.39. The van der Waals surface area contributed by atoms with Gasteiger partial charge >= 0.3 is 0 Å². The van der Waals surface area contributed by atoms with Crippen LogP contribution in [0.2, 0.25) is 0 Å². The number of aromatic nitrogens is 1. The van der Waals surface area contributed by atoms with Gasteiger partial charge in [0.2, 0.25) is 0 Å². The molecule has 1 aromatic heterocycles. The van der Waals surface area contributed by atoms with Gasteiger partial charge in [0.1, 0.15) is 0 Å². The van der Waals surface area contributed by atoms with Crippen molar-refractivity contribution in [3.05, 3.63) is 52.0 Å². The molecule has 0 aliphatic heterocycles. The lowest BCUT2D eigenvalue weighted by molar-refractivity contribution is 0.482. The number of thiazole rings is 1. The van der Waals surface area contributed by atoms with E-state index in [1.807, 2.05) is 7.05 Å². The van der Waals surface area contributed by atoms with E-state index in [1.165, 1.54) is 10.6 Å². The van der Waals surface area contributed by atoms with Crippen molar-refractivity contribution in [2.75, 3.05) is 7.05 Å². The average Bonchev–Trinajstić information content (AvgIpc) is 2.82. The van der Waals surface area contributed by atoms with Crippen molar-refractivity contribution >= 4 is 11.3 Å². The van der Waals surface area contributed by atoms with Gasteiger partial charge in [0.25, 0.3) is 0 Å². The summed E-state index contributed by atoms with van der Waals surface area (Å²) in [6, 6.07) is 11.1. The Balaban J connectivity index is 2.09. The van der Waals surface area contributed by atoms with E-state index in [-0.39, 0.29) is 0 Å². The van der Waals surface area contributed by atoms with Crippen LogP contribution in [0.15, 0.2) is 35.7 Å². The summed E-state index contributed by atoms with van der Waals surface area (Å²) >= 11 is 1.75. The molecule has 1 heterocycles. The van der Waals surface area contributed by atoms with Gasteiger partial charge in [-0.3, -0.25) is 0 Å². The quantitative estimate of drug-likeness (QED) is 0.891. The van der Waals surface area contributed by atoms with Gasteiger partial charge in [-0.2, -0.15) is 0 Å². The SMILES string of the molecule is CNC(Cc1nc(C)cs1)C(C)c1ccccc1. The van der Waals surface area contributed by atoms with Crippen LogP contribution in [0.4, 0.5) is 0 Å². The fourth-order valence-corrected chi connectivity index (χ4v) is 3.03. The Morgan fingerprint density at radius 2 is 2.00 bits per heavy atom. The maximum atomic E-state index is 4.55. The first kappa shape index (κ1) is 13.2. The summed E-state index contributed by atoms with van der Waals surface area (Å²) in [6.07, 6.45) is 0.991. The Hall–Kier alpha value is -1.19. The molecule has 1 aromatic carbocycles. The second-order valence-corrected chi connectivity index (χ2v) is 5.62. The van der Waals surface area contributed by atoms with E-state index in [9.17, 15) is 0 Å². The number of nitrogens with zero attached hydrogens (tertiary/aromatic N) is 1. The third-order valence-corrected chi connectivity index (χ3v) is 4.35. The summed E-state index contributed by atoms with van der Waals surface area (Å²) in [6.45, 7) is 4.33. The van der Waals surface area contributed by atoms with Crippen LogP contribution < -0.4 is 5.32 Å². The van der Waals surface area contributed by atoms with E-state index in [0.717, 1.165) is 12.1 Å². The first-order valence-corrected chi connectivity index (χ1v) is 7.22. The second-order valence-electron chi connectivity index (χ2n) is 4.68. The van der Waals surface area contributed by atoms with Gasteiger partial charge in [-0.25, -0.2) is 4.98 Å². The minimum Gasteiger partial charge on any atom is -0.316 e. The molecule has 0 radical (unpaired) electrons. The fraction of sp³-hybridized carbons (Fsp3) is 0.400. The van der Waals surface area contributed by atoms with Gasteiger partial charge in [0, 0.05) is 23.5 Å². The van der Waals surface area contributed by atoms with Crippen LogP contribution in [0.25, 0.3) is 0 Å². The molecule has 0 fully saturated rings. The van der Waals surface area contributed by atoms with Crippen LogP contribution in [0.1, 0.15) is 29.1 Å². The van der Waals surface area contributed by atoms with Gasteiger partial charge in [-0.05, 0) is 25.5 Å². The third kappa shape index (κ3) is 3.18. The molecule has 1 N–H and O–H groups in total. The molecule has 0 aliphatic carbocycles.